The molecule has 1 heterocycles. The molecule has 26 heavy (non-hydrogen) atoms. The van der Waals surface area contributed by atoms with Crippen molar-refractivity contribution in [2.24, 2.45) is 0 Å². The van der Waals surface area contributed by atoms with Crippen molar-refractivity contribution in [2.75, 3.05) is 0 Å². The van der Waals surface area contributed by atoms with Crippen LogP contribution < -0.4 is 4.72 Å². The third-order valence-corrected chi connectivity index (χ3v) is 5.44. The van der Waals surface area contributed by atoms with Gasteiger partial charge in [0.2, 0.25) is 10.0 Å². The second kappa shape index (κ2) is 6.86. The van der Waals surface area contributed by atoms with Gasteiger partial charge < -0.3 is 5.11 Å². The van der Waals surface area contributed by atoms with Crippen molar-refractivity contribution in [3.05, 3.63) is 60.3 Å². The molecule has 3 rings (SSSR count). The minimum absolute atomic E-state index is 0.0889. The number of benzene rings is 2. The first-order chi connectivity index (χ1) is 12.3. The summed E-state index contributed by atoms with van der Waals surface area (Å²) in [6.07, 6.45) is 1.64. The van der Waals surface area contributed by atoms with Gasteiger partial charge in [0.25, 0.3) is 0 Å². The summed E-state index contributed by atoms with van der Waals surface area (Å²) in [5.41, 5.74) is 1.74. The quantitative estimate of drug-likeness (QED) is 0.718. The van der Waals surface area contributed by atoms with Crippen LogP contribution in [0.15, 0.2) is 59.6 Å². The summed E-state index contributed by atoms with van der Waals surface area (Å²) in [6, 6.07) is 13.0. The molecule has 0 fully saturated rings. The van der Waals surface area contributed by atoms with Crippen molar-refractivity contribution < 1.29 is 18.3 Å². The van der Waals surface area contributed by atoms with Gasteiger partial charge in [-0.1, -0.05) is 24.3 Å². The number of carboxylic acids is 1. The fourth-order valence-electron chi connectivity index (χ4n) is 2.75. The Balaban J connectivity index is 2.26. The van der Waals surface area contributed by atoms with Gasteiger partial charge in [0.15, 0.2) is 0 Å². The lowest BCUT2D eigenvalue weighted by molar-refractivity contribution is 0.0696. The highest BCUT2D eigenvalue weighted by atomic mass is 32.2. The Labute approximate surface area is 151 Å². The Hall–Kier alpha value is -2.77. The van der Waals surface area contributed by atoms with Crippen LogP contribution in [-0.2, 0) is 10.0 Å². The first-order valence-electron chi connectivity index (χ1n) is 8.03. The molecule has 1 aromatic heterocycles. The molecule has 2 N–H and O–H groups in total. The molecule has 2 aromatic carbocycles. The number of aromatic nitrogens is 1. The average molecular weight is 370 g/mol. The smallest absolute Gasteiger partial charge is 0.335 e. The van der Waals surface area contributed by atoms with E-state index in [2.05, 4.69) is 9.71 Å². The highest BCUT2D eigenvalue weighted by Crippen LogP contribution is 2.30. The summed E-state index contributed by atoms with van der Waals surface area (Å²) in [5, 5.41) is 10.3. The number of para-hydroxylation sites is 1. The summed E-state index contributed by atoms with van der Waals surface area (Å²) in [4.78, 5) is 15.8. The van der Waals surface area contributed by atoms with Crippen LogP contribution in [0.1, 0.15) is 24.2 Å². The predicted octanol–water partition coefficient (Wildman–Crippen LogP) is 3.29. The minimum atomic E-state index is -3.83. The number of nitrogens with one attached hydrogen (secondary N) is 1. The van der Waals surface area contributed by atoms with Gasteiger partial charge in [-0.25, -0.2) is 17.9 Å². The molecule has 0 atom stereocenters. The standard InChI is InChI=1S/C19H18N2O4S/c1-12(2)21-26(24,25)16-10-14(9-15(11-16)19(22)23)17-7-3-5-13-6-4-8-20-18(13)17/h3-12,21H,1-2H3,(H,22,23). The molecule has 0 unspecified atom stereocenters. The topological polar surface area (TPSA) is 96.4 Å². The van der Waals surface area contributed by atoms with Crippen LogP contribution in [0.4, 0.5) is 0 Å². The van der Waals surface area contributed by atoms with E-state index in [0.717, 1.165) is 11.5 Å². The van der Waals surface area contributed by atoms with Crippen LogP contribution in [0.5, 0.6) is 0 Å². The molecular weight excluding hydrogens is 352 g/mol. The van der Waals surface area contributed by atoms with Crippen molar-refractivity contribution in [1.29, 1.82) is 0 Å². The van der Waals surface area contributed by atoms with E-state index in [1.165, 1.54) is 12.1 Å². The lowest BCUT2D eigenvalue weighted by Gasteiger charge is -2.13. The number of hydrogen-bond acceptors (Lipinski definition) is 4. The minimum Gasteiger partial charge on any atom is -0.478 e. The Kier molecular flexibility index (Phi) is 4.76. The second-order valence-electron chi connectivity index (χ2n) is 6.21. The number of nitrogens with zero attached hydrogens (tertiary/aromatic N) is 1. The van der Waals surface area contributed by atoms with Crippen LogP contribution in [0.25, 0.3) is 22.0 Å². The zero-order valence-electron chi connectivity index (χ0n) is 14.3. The number of carbonyl (C=O) groups is 1. The summed E-state index contributed by atoms with van der Waals surface area (Å²) < 4.78 is 27.6. The van der Waals surface area contributed by atoms with E-state index in [9.17, 15) is 18.3 Å². The maximum absolute atomic E-state index is 12.5. The van der Waals surface area contributed by atoms with Crippen molar-refractivity contribution in [2.45, 2.75) is 24.8 Å². The lowest BCUT2D eigenvalue weighted by Crippen LogP contribution is -2.30. The maximum atomic E-state index is 12.5. The van der Waals surface area contributed by atoms with E-state index in [1.807, 2.05) is 24.3 Å². The third kappa shape index (κ3) is 3.58. The van der Waals surface area contributed by atoms with E-state index in [1.54, 1.807) is 26.1 Å². The van der Waals surface area contributed by atoms with Gasteiger partial charge in [-0.2, -0.15) is 0 Å². The Morgan fingerprint density at radius 1 is 1.12 bits per heavy atom. The van der Waals surface area contributed by atoms with E-state index >= 15 is 0 Å². The Bertz CT molecular complexity index is 1090. The van der Waals surface area contributed by atoms with Crippen LogP contribution >= 0.6 is 0 Å². The molecule has 0 bridgehead atoms. The molecule has 134 valence electrons. The largest absolute Gasteiger partial charge is 0.478 e. The SMILES string of the molecule is CC(C)NS(=O)(=O)c1cc(C(=O)O)cc(-c2cccc3cccnc23)c1. The van der Waals surface area contributed by atoms with Gasteiger partial charge in [-0.3, -0.25) is 4.98 Å². The van der Waals surface area contributed by atoms with Gasteiger partial charge in [-0.05, 0) is 43.7 Å². The van der Waals surface area contributed by atoms with Gasteiger partial charge in [0.05, 0.1) is 16.0 Å². The molecule has 0 spiro atoms. The van der Waals surface area contributed by atoms with Crippen LogP contribution in [-0.4, -0.2) is 30.5 Å². The molecular formula is C19H18N2O4S. The summed E-state index contributed by atoms with van der Waals surface area (Å²) in [5.74, 6) is -1.19. The molecule has 0 amide bonds. The molecule has 3 aromatic rings. The Morgan fingerprint density at radius 3 is 2.54 bits per heavy atom. The van der Waals surface area contributed by atoms with Crippen LogP contribution in [0.3, 0.4) is 0 Å². The first-order valence-corrected chi connectivity index (χ1v) is 9.51. The van der Waals surface area contributed by atoms with Gasteiger partial charge in [-0.15, -0.1) is 0 Å². The van der Waals surface area contributed by atoms with E-state index in [-0.39, 0.29) is 16.5 Å². The van der Waals surface area contributed by atoms with Gasteiger partial charge in [0.1, 0.15) is 0 Å². The van der Waals surface area contributed by atoms with Crippen molar-refractivity contribution in [1.82, 2.24) is 9.71 Å². The molecule has 0 aliphatic heterocycles. The number of sulfonamides is 1. The molecule has 0 saturated carbocycles. The van der Waals surface area contributed by atoms with Crippen molar-refractivity contribution in [3.8, 4) is 11.1 Å². The second-order valence-corrected chi connectivity index (χ2v) is 7.92. The third-order valence-electron chi connectivity index (χ3n) is 3.80. The maximum Gasteiger partial charge on any atom is 0.335 e. The normalized spacial score (nSPS) is 11.8. The molecule has 0 aliphatic rings. The lowest BCUT2D eigenvalue weighted by atomic mass is 10.00. The predicted molar refractivity (Wildman–Crippen MR) is 99.6 cm³/mol. The fraction of sp³-hybridized carbons (Fsp3) is 0.158. The number of hydrogen-bond donors (Lipinski definition) is 2. The molecule has 0 aliphatic carbocycles. The number of carboxylic acid groups (broad SMARTS) is 1. The number of fused-ring (bicyclic) bond motifs is 1. The number of aromatic carboxylic acids is 1. The van der Waals surface area contributed by atoms with Gasteiger partial charge >= 0.3 is 5.97 Å². The number of rotatable bonds is 5. The van der Waals surface area contributed by atoms with E-state index < -0.39 is 16.0 Å². The monoisotopic (exact) mass is 370 g/mol. The van der Waals surface area contributed by atoms with Crippen LogP contribution in [0.2, 0.25) is 0 Å². The van der Waals surface area contributed by atoms with Crippen molar-refractivity contribution in [3.63, 3.8) is 0 Å². The highest BCUT2D eigenvalue weighted by molar-refractivity contribution is 7.89. The molecule has 0 saturated heterocycles. The fourth-order valence-corrected chi connectivity index (χ4v) is 4.07. The highest BCUT2D eigenvalue weighted by Gasteiger charge is 2.20. The zero-order valence-corrected chi connectivity index (χ0v) is 15.1. The van der Waals surface area contributed by atoms with Gasteiger partial charge in [0, 0.05) is 23.2 Å². The average Bonchev–Trinajstić information content (AvgIpc) is 2.59. The van der Waals surface area contributed by atoms with Crippen molar-refractivity contribution >= 4 is 26.9 Å². The van der Waals surface area contributed by atoms with E-state index in [4.69, 9.17) is 0 Å². The number of pyridine rings is 1. The molecule has 7 heteroatoms. The molecule has 0 radical (unpaired) electrons. The summed E-state index contributed by atoms with van der Waals surface area (Å²) in [7, 11) is -3.83. The first kappa shape index (κ1) is 18.0. The van der Waals surface area contributed by atoms with Crippen LogP contribution in [0, 0.1) is 0 Å². The Morgan fingerprint density at radius 2 is 1.85 bits per heavy atom. The zero-order chi connectivity index (χ0) is 18.9. The summed E-state index contributed by atoms with van der Waals surface area (Å²) in [6.45, 7) is 3.41. The molecule has 6 nitrogen and oxygen atoms in total. The summed E-state index contributed by atoms with van der Waals surface area (Å²) >= 11 is 0. The van der Waals surface area contributed by atoms with E-state index in [0.29, 0.717) is 16.6 Å².